The second kappa shape index (κ2) is 4.58. The number of fused-ring (bicyclic) bond motifs is 1. The molecule has 0 spiro atoms. The van der Waals surface area contributed by atoms with Crippen LogP contribution in [-0.2, 0) is 4.79 Å². The molecule has 3 aliphatic rings. The Morgan fingerprint density at radius 3 is 2.94 bits per heavy atom. The van der Waals surface area contributed by atoms with Gasteiger partial charge in [-0.15, -0.1) is 0 Å². The van der Waals surface area contributed by atoms with Gasteiger partial charge in [-0.05, 0) is 38.3 Å². The Morgan fingerprint density at radius 1 is 1.29 bits per heavy atom. The molecule has 4 unspecified atom stereocenters. The van der Waals surface area contributed by atoms with Crippen molar-refractivity contribution in [3.05, 3.63) is 0 Å². The molecule has 0 aromatic carbocycles. The first-order valence-electron chi connectivity index (χ1n) is 7.01. The third-order valence-corrected chi connectivity index (χ3v) is 4.79. The van der Waals surface area contributed by atoms with E-state index in [1.165, 1.54) is 25.9 Å². The Bertz CT molecular complexity index is 307. The van der Waals surface area contributed by atoms with E-state index in [0.29, 0.717) is 18.0 Å². The maximum Gasteiger partial charge on any atom is 0.224 e. The van der Waals surface area contributed by atoms with Gasteiger partial charge in [-0.1, -0.05) is 6.92 Å². The lowest BCUT2D eigenvalue weighted by atomic mass is 9.96. The SMILES string of the molecule is CC1CNCC1C(=O)NC1CCN2CCCC12. The lowest BCUT2D eigenvalue weighted by Crippen LogP contribution is -2.46. The normalized spacial score (nSPS) is 41.7. The zero-order valence-corrected chi connectivity index (χ0v) is 10.6. The van der Waals surface area contributed by atoms with E-state index in [1.54, 1.807) is 0 Å². The van der Waals surface area contributed by atoms with Gasteiger partial charge in [-0.25, -0.2) is 0 Å². The Morgan fingerprint density at radius 2 is 2.18 bits per heavy atom. The van der Waals surface area contributed by atoms with Crippen molar-refractivity contribution in [2.45, 2.75) is 38.3 Å². The van der Waals surface area contributed by atoms with Crippen molar-refractivity contribution in [2.24, 2.45) is 11.8 Å². The average molecular weight is 237 g/mol. The van der Waals surface area contributed by atoms with E-state index in [1.807, 2.05) is 0 Å². The summed E-state index contributed by atoms with van der Waals surface area (Å²) in [6.07, 6.45) is 3.72. The summed E-state index contributed by atoms with van der Waals surface area (Å²) in [6.45, 7) is 6.42. The monoisotopic (exact) mass is 237 g/mol. The molecule has 0 saturated carbocycles. The molecule has 2 N–H and O–H groups in total. The summed E-state index contributed by atoms with van der Waals surface area (Å²) in [5.74, 6) is 0.947. The zero-order valence-electron chi connectivity index (χ0n) is 10.6. The maximum atomic E-state index is 12.2. The van der Waals surface area contributed by atoms with E-state index in [2.05, 4.69) is 22.5 Å². The molecule has 3 fully saturated rings. The smallest absolute Gasteiger partial charge is 0.224 e. The van der Waals surface area contributed by atoms with Crippen LogP contribution in [-0.4, -0.2) is 49.1 Å². The van der Waals surface area contributed by atoms with Gasteiger partial charge in [-0.2, -0.15) is 0 Å². The fourth-order valence-corrected chi connectivity index (χ4v) is 3.70. The predicted molar refractivity (Wildman–Crippen MR) is 66.7 cm³/mol. The van der Waals surface area contributed by atoms with Crippen LogP contribution in [0.25, 0.3) is 0 Å². The first-order valence-corrected chi connectivity index (χ1v) is 7.01. The second-order valence-corrected chi connectivity index (χ2v) is 5.89. The van der Waals surface area contributed by atoms with Gasteiger partial charge in [-0.3, -0.25) is 9.69 Å². The maximum absolute atomic E-state index is 12.2. The van der Waals surface area contributed by atoms with Crippen LogP contribution in [0.2, 0.25) is 0 Å². The number of nitrogens with one attached hydrogen (secondary N) is 2. The van der Waals surface area contributed by atoms with Crippen LogP contribution in [0.3, 0.4) is 0 Å². The third kappa shape index (κ3) is 2.08. The minimum atomic E-state index is 0.186. The van der Waals surface area contributed by atoms with Crippen molar-refractivity contribution in [2.75, 3.05) is 26.2 Å². The van der Waals surface area contributed by atoms with Crippen LogP contribution in [0.5, 0.6) is 0 Å². The van der Waals surface area contributed by atoms with Crippen LogP contribution >= 0.6 is 0 Å². The topological polar surface area (TPSA) is 44.4 Å². The van der Waals surface area contributed by atoms with Gasteiger partial charge in [0.25, 0.3) is 0 Å². The summed E-state index contributed by atoms with van der Waals surface area (Å²) in [6, 6.07) is 1.04. The van der Waals surface area contributed by atoms with Crippen LogP contribution in [0.1, 0.15) is 26.2 Å². The molecule has 0 radical (unpaired) electrons. The quantitative estimate of drug-likeness (QED) is 0.721. The standard InChI is InChI=1S/C13H23N3O/c1-9-7-14-8-10(9)13(17)15-11-4-6-16-5-2-3-12(11)16/h9-12,14H,2-8H2,1H3,(H,15,17). The number of hydrogen-bond donors (Lipinski definition) is 2. The number of hydrogen-bond acceptors (Lipinski definition) is 3. The summed E-state index contributed by atoms with van der Waals surface area (Å²) in [4.78, 5) is 14.8. The van der Waals surface area contributed by atoms with Gasteiger partial charge >= 0.3 is 0 Å². The minimum absolute atomic E-state index is 0.186. The highest BCUT2D eigenvalue weighted by Gasteiger charge is 2.39. The van der Waals surface area contributed by atoms with Crippen LogP contribution in [0, 0.1) is 11.8 Å². The highest BCUT2D eigenvalue weighted by atomic mass is 16.2. The highest BCUT2D eigenvalue weighted by Crippen LogP contribution is 2.28. The first kappa shape index (κ1) is 11.5. The number of amides is 1. The van der Waals surface area contributed by atoms with Crippen molar-refractivity contribution >= 4 is 5.91 Å². The number of nitrogens with zero attached hydrogens (tertiary/aromatic N) is 1. The number of rotatable bonds is 2. The highest BCUT2D eigenvalue weighted by molar-refractivity contribution is 5.80. The van der Waals surface area contributed by atoms with Crippen LogP contribution < -0.4 is 10.6 Å². The average Bonchev–Trinajstić information content (AvgIpc) is 2.96. The van der Waals surface area contributed by atoms with E-state index in [0.717, 1.165) is 19.5 Å². The summed E-state index contributed by atoms with van der Waals surface area (Å²) in [5.41, 5.74) is 0. The van der Waals surface area contributed by atoms with Crippen LogP contribution in [0.4, 0.5) is 0 Å². The number of carbonyl (C=O) groups excluding carboxylic acids is 1. The van der Waals surface area contributed by atoms with Gasteiger partial charge in [0, 0.05) is 25.2 Å². The lowest BCUT2D eigenvalue weighted by molar-refractivity contribution is -0.126. The Labute approximate surface area is 103 Å². The molecule has 3 heterocycles. The fraction of sp³-hybridized carbons (Fsp3) is 0.923. The minimum Gasteiger partial charge on any atom is -0.351 e. The molecule has 96 valence electrons. The Hall–Kier alpha value is -0.610. The van der Waals surface area contributed by atoms with E-state index >= 15 is 0 Å². The van der Waals surface area contributed by atoms with E-state index < -0.39 is 0 Å². The van der Waals surface area contributed by atoms with Crippen LogP contribution in [0.15, 0.2) is 0 Å². The predicted octanol–water partition coefficient (Wildman–Crippen LogP) is 0.195. The molecule has 4 nitrogen and oxygen atoms in total. The van der Waals surface area contributed by atoms with E-state index in [4.69, 9.17) is 0 Å². The second-order valence-electron chi connectivity index (χ2n) is 5.89. The molecule has 3 aliphatic heterocycles. The molecule has 0 aromatic heterocycles. The van der Waals surface area contributed by atoms with Gasteiger partial charge in [0.1, 0.15) is 0 Å². The Kier molecular flexibility index (Phi) is 3.09. The van der Waals surface area contributed by atoms with Crippen molar-refractivity contribution in [1.29, 1.82) is 0 Å². The van der Waals surface area contributed by atoms with Crippen molar-refractivity contribution in [3.63, 3.8) is 0 Å². The zero-order chi connectivity index (χ0) is 11.8. The van der Waals surface area contributed by atoms with Crippen molar-refractivity contribution in [3.8, 4) is 0 Å². The molecule has 1 amide bonds. The third-order valence-electron chi connectivity index (χ3n) is 4.79. The van der Waals surface area contributed by atoms with Gasteiger partial charge in [0.05, 0.1) is 5.92 Å². The van der Waals surface area contributed by atoms with Crippen molar-refractivity contribution < 1.29 is 4.79 Å². The molecule has 4 atom stereocenters. The fourth-order valence-electron chi connectivity index (χ4n) is 3.70. The van der Waals surface area contributed by atoms with E-state index in [-0.39, 0.29) is 11.8 Å². The van der Waals surface area contributed by atoms with Gasteiger partial charge in [0.15, 0.2) is 0 Å². The van der Waals surface area contributed by atoms with E-state index in [9.17, 15) is 4.79 Å². The molecule has 0 bridgehead atoms. The molecular weight excluding hydrogens is 214 g/mol. The summed E-state index contributed by atoms with van der Waals surface area (Å²) < 4.78 is 0. The Balaban J connectivity index is 1.58. The molecule has 0 aliphatic carbocycles. The number of carbonyl (C=O) groups is 1. The molecule has 4 heteroatoms. The molecule has 0 aromatic rings. The summed E-state index contributed by atoms with van der Waals surface area (Å²) in [7, 11) is 0. The molecule has 3 rings (SSSR count). The molecule has 3 saturated heterocycles. The summed E-state index contributed by atoms with van der Waals surface area (Å²) in [5, 5.41) is 6.61. The molecule has 17 heavy (non-hydrogen) atoms. The van der Waals surface area contributed by atoms with Gasteiger partial charge in [0.2, 0.25) is 5.91 Å². The first-order chi connectivity index (χ1) is 8.25. The van der Waals surface area contributed by atoms with Gasteiger partial charge < -0.3 is 10.6 Å². The van der Waals surface area contributed by atoms with Crippen molar-refractivity contribution in [1.82, 2.24) is 15.5 Å². The lowest BCUT2D eigenvalue weighted by Gasteiger charge is -2.23. The largest absolute Gasteiger partial charge is 0.351 e. The summed E-state index contributed by atoms with van der Waals surface area (Å²) >= 11 is 0. The molecular formula is C13H23N3O.